The maximum Gasteiger partial charge on any atom is 0.235 e. The number of nitrogens with one attached hydrogen (secondary N) is 1. The normalized spacial score (nSPS) is 30.4. The summed E-state index contributed by atoms with van der Waals surface area (Å²) in [6, 6.07) is 0.407. The lowest BCUT2D eigenvalue weighted by Crippen LogP contribution is -2.74. The minimum Gasteiger partial charge on any atom is -0.505 e. The van der Waals surface area contributed by atoms with Gasteiger partial charge in [0.1, 0.15) is 5.75 Å². The number of phenolic OH excluding ortho intramolecular Hbond substituents is 1. The summed E-state index contributed by atoms with van der Waals surface area (Å²) in [7, 11) is 3.07. The molecular formula is C26H32N4O8. The zero-order chi connectivity index (χ0) is 28.3. The Labute approximate surface area is 219 Å². The van der Waals surface area contributed by atoms with Crippen LogP contribution in [0.1, 0.15) is 36.2 Å². The molecule has 0 saturated heterocycles. The van der Waals surface area contributed by atoms with Crippen molar-refractivity contribution in [3.8, 4) is 5.75 Å². The number of carbonyl (C=O) groups excluding carboxylic acids is 6. The topological polar surface area (TPSA) is 187 Å². The molecular weight excluding hydrogens is 496 g/mol. The van der Waals surface area contributed by atoms with Crippen LogP contribution in [0.25, 0.3) is 0 Å². The Kier molecular flexibility index (Phi) is 6.91. The first-order valence-corrected chi connectivity index (χ1v) is 12.5. The molecule has 2 fully saturated rings. The standard InChI is InChI=1S/C26H32N4O8/c1-5-30(6-2)15-9-14(28-10-31)20(32)17-12(15)7-11-8-13-19(29(3)4)22(34)18(25(27)37)24(36)26(13,38)23(35)16(11)21(17)33/h9-11,13,16,18-19,32,38H,5-8H2,1-4H3,(H2,27,37)(H,28,31)/t11?,13?,16?,18?,19-,26-/m0/s1. The fourth-order valence-electron chi connectivity index (χ4n) is 6.67. The highest BCUT2D eigenvalue weighted by Gasteiger charge is 2.69. The van der Waals surface area contributed by atoms with Crippen LogP contribution in [0.4, 0.5) is 11.4 Å². The third kappa shape index (κ3) is 3.65. The fourth-order valence-corrected chi connectivity index (χ4v) is 6.67. The molecule has 12 heteroatoms. The number of Topliss-reactive ketones (excluding diaryl/α,β-unsaturated/α-hetero) is 4. The van der Waals surface area contributed by atoms with Crippen molar-refractivity contribution in [2.75, 3.05) is 37.4 Å². The van der Waals surface area contributed by atoms with Gasteiger partial charge in [-0.2, -0.15) is 0 Å². The maximum absolute atomic E-state index is 13.9. The van der Waals surface area contributed by atoms with Gasteiger partial charge in [0, 0.05) is 24.7 Å². The molecule has 6 atom stereocenters. The van der Waals surface area contributed by atoms with Crippen LogP contribution in [-0.4, -0.2) is 89.4 Å². The number of rotatable bonds is 7. The van der Waals surface area contributed by atoms with E-state index in [4.69, 9.17) is 5.73 Å². The lowest BCUT2D eigenvalue weighted by Gasteiger charge is -2.52. The second-order valence-electron chi connectivity index (χ2n) is 10.4. The van der Waals surface area contributed by atoms with Crippen LogP contribution in [0.15, 0.2) is 6.07 Å². The van der Waals surface area contributed by atoms with Gasteiger partial charge in [0.2, 0.25) is 12.3 Å². The number of ketones is 4. The molecule has 204 valence electrons. The van der Waals surface area contributed by atoms with Gasteiger partial charge in [-0.3, -0.25) is 33.7 Å². The van der Waals surface area contributed by atoms with Crippen LogP contribution in [0.5, 0.6) is 5.75 Å². The van der Waals surface area contributed by atoms with Gasteiger partial charge in [-0.05, 0) is 58.3 Å². The number of primary amides is 1. The predicted octanol–water partition coefficient (Wildman–Crippen LogP) is -0.718. The second kappa shape index (κ2) is 9.59. The number of amides is 2. The van der Waals surface area contributed by atoms with E-state index in [2.05, 4.69) is 5.32 Å². The molecule has 38 heavy (non-hydrogen) atoms. The smallest absolute Gasteiger partial charge is 0.235 e. The summed E-state index contributed by atoms with van der Waals surface area (Å²) >= 11 is 0. The summed E-state index contributed by atoms with van der Waals surface area (Å²) in [4.78, 5) is 81.0. The van der Waals surface area contributed by atoms with Crippen LogP contribution in [0.3, 0.4) is 0 Å². The van der Waals surface area contributed by atoms with Crippen molar-refractivity contribution in [1.82, 2.24) is 4.90 Å². The van der Waals surface area contributed by atoms with Gasteiger partial charge < -0.3 is 26.2 Å². The number of carbonyl (C=O) groups is 6. The van der Waals surface area contributed by atoms with Gasteiger partial charge in [0.05, 0.1) is 23.2 Å². The Bertz CT molecular complexity index is 1260. The Morgan fingerprint density at radius 1 is 1.18 bits per heavy atom. The van der Waals surface area contributed by atoms with Crippen molar-refractivity contribution < 1.29 is 39.0 Å². The van der Waals surface area contributed by atoms with E-state index in [0.717, 1.165) is 0 Å². The molecule has 0 heterocycles. The average molecular weight is 529 g/mol. The third-order valence-electron chi connectivity index (χ3n) is 8.36. The Morgan fingerprint density at radius 3 is 2.34 bits per heavy atom. The number of hydrogen-bond donors (Lipinski definition) is 4. The summed E-state index contributed by atoms with van der Waals surface area (Å²) in [5.41, 5.74) is 3.45. The molecule has 0 radical (unpaired) electrons. The van der Waals surface area contributed by atoms with E-state index in [9.17, 15) is 39.0 Å². The highest BCUT2D eigenvalue weighted by atomic mass is 16.3. The van der Waals surface area contributed by atoms with Crippen LogP contribution < -0.4 is 16.0 Å². The summed E-state index contributed by atoms with van der Waals surface area (Å²) in [5, 5.41) is 25.0. The zero-order valence-electron chi connectivity index (χ0n) is 21.7. The number of fused-ring (bicyclic) bond motifs is 3. The first-order chi connectivity index (χ1) is 17.9. The van der Waals surface area contributed by atoms with E-state index in [1.807, 2.05) is 18.7 Å². The predicted molar refractivity (Wildman–Crippen MR) is 135 cm³/mol. The number of nitrogens with zero attached hydrogens (tertiary/aromatic N) is 2. The highest BCUT2D eigenvalue weighted by molar-refractivity contribution is 6.32. The molecule has 12 nitrogen and oxygen atoms in total. The van der Waals surface area contributed by atoms with Gasteiger partial charge in [-0.1, -0.05) is 0 Å². The Balaban J connectivity index is 1.92. The lowest BCUT2D eigenvalue weighted by molar-refractivity contribution is -0.181. The van der Waals surface area contributed by atoms with E-state index in [1.165, 1.54) is 19.0 Å². The van der Waals surface area contributed by atoms with Crippen molar-refractivity contribution in [3.63, 3.8) is 0 Å². The van der Waals surface area contributed by atoms with Crippen LogP contribution in [0, 0.1) is 23.7 Å². The van der Waals surface area contributed by atoms with E-state index in [-0.39, 0.29) is 24.1 Å². The summed E-state index contributed by atoms with van der Waals surface area (Å²) < 4.78 is 0. The largest absolute Gasteiger partial charge is 0.505 e. The fraction of sp³-hybridized carbons (Fsp3) is 0.538. The first-order valence-electron chi connectivity index (χ1n) is 12.5. The van der Waals surface area contributed by atoms with E-state index in [0.29, 0.717) is 30.8 Å². The molecule has 4 unspecified atom stereocenters. The molecule has 4 rings (SSSR count). The molecule has 0 spiro atoms. The van der Waals surface area contributed by atoms with E-state index in [1.54, 1.807) is 6.07 Å². The molecule has 2 saturated carbocycles. The number of hydrogen-bond acceptors (Lipinski definition) is 10. The van der Waals surface area contributed by atoms with Crippen LogP contribution >= 0.6 is 0 Å². The molecule has 1 aromatic rings. The third-order valence-corrected chi connectivity index (χ3v) is 8.36. The molecule has 0 aliphatic heterocycles. The number of aromatic hydroxyl groups is 1. The van der Waals surface area contributed by atoms with E-state index < -0.39 is 70.1 Å². The van der Waals surface area contributed by atoms with Crippen molar-refractivity contribution in [2.24, 2.45) is 29.4 Å². The summed E-state index contributed by atoms with van der Waals surface area (Å²) in [6.07, 6.45) is 0.467. The van der Waals surface area contributed by atoms with Gasteiger partial charge >= 0.3 is 0 Å². The van der Waals surface area contributed by atoms with Gasteiger partial charge in [-0.15, -0.1) is 0 Å². The quantitative estimate of drug-likeness (QED) is 0.200. The number of benzene rings is 1. The monoisotopic (exact) mass is 528 g/mol. The highest BCUT2D eigenvalue weighted by Crippen LogP contribution is 2.52. The number of aliphatic hydroxyl groups is 1. The van der Waals surface area contributed by atoms with Crippen molar-refractivity contribution in [1.29, 1.82) is 0 Å². The van der Waals surface area contributed by atoms with Crippen molar-refractivity contribution >= 4 is 46.8 Å². The minimum atomic E-state index is -2.78. The number of nitrogens with two attached hydrogens (primary N) is 1. The molecule has 0 bridgehead atoms. The van der Waals surface area contributed by atoms with Gasteiger partial charge in [0.15, 0.2) is 34.7 Å². The van der Waals surface area contributed by atoms with Crippen LogP contribution in [0.2, 0.25) is 0 Å². The Hall–Kier alpha value is -3.64. The SMILES string of the molecule is CCN(CC)c1cc(NC=O)c(O)c2c1CC1CC3[C@H](N(C)C)C(=O)C(C(N)=O)C(=O)[C@@]3(O)C(=O)C1C2=O. The van der Waals surface area contributed by atoms with Crippen LogP contribution in [-0.2, 0) is 30.4 Å². The molecule has 0 aromatic heterocycles. The lowest BCUT2D eigenvalue weighted by atomic mass is 9.52. The number of phenols is 1. The minimum absolute atomic E-state index is 0.0203. The second-order valence-corrected chi connectivity index (χ2v) is 10.4. The molecule has 2 amide bonds. The summed E-state index contributed by atoms with van der Waals surface area (Å²) in [5.74, 6) is -11.2. The maximum atomic E-state index is 13.9. The number of anilines is 2. The molecule has 1 aromatic carbocycles. The van der Waals surface area contributed by atoms with Gasteiger partial charge in [-0.25, -0.2) is 0 Å². The zero-order valence-corrected chi connectivity index (χ0v) is 21.7. The van der Waals surface area contributed by atoms with E-state index >= 15 is 0 Å². The number of likely N-dealkylation sites (N-methyl/N-ethyl adjacent to an activating group) is 1. The Morgan fingerprint density at radius 2 is 1.82 bits per heavy atom. The first kappa shape index (κ1) is 27.4. The van der Waals surface area contributed by atoms with Crippen molar-refractivity contribution in [3.05, 3.63) is 17.2 Å². The molecule has 3 aliphatic rings. The van der Waals surface area contributed by atoms with Gasteiger partial charge in [0.25, 0.3) is 0 Å². The van der Waals surface area contributed by atoms with Crippen molar-refractivity contribution in [2.45, 2.75) is 38.3 Å². The molecule has 3 aliphatic carbocycles. The summed E-state index contributed by atoms with van der Waals surface area (Å²) in [6.45, 7) is 4.92. The average Bonchev–Trinajstić information content (AvgIpc) is 2.84. The molecule has 5 N–H and O–H groups in total.